The molecule has 140 valence electrons. The first-order valence-corrected chi connectivity index (χ1v) is 8.25. The molecule has 3 rings (SSSR count). The Hall–Kier alpha value is -3.33. The van der Waals surface area contributed by atoms with Crippen molar-refractivity contribution in [3.05, 3.63) is 69.5 Å². The topological polar surface area (TPSA) is 97.1 Å². The van der Waals surface area contributed by atoms with Crippen molar-refractivity contribution < 1.29 is 18.8 Å². The molecule has 1 N–H and O–H groups in total. The van der Waals surface area contributed by atoms with Crippen LogP contribution in [0.5, 0.6) is 0 Å². The van der Waals surface area contributed by atoms with Crippen LogP contribution in [-0.2, 0) is 4.74 Å². The third-order valence-corrected chi connectivity index (χ3v) is 4.01. The minimum absolute atomic E-state index is 0.0442. The zero-order chi connectivity index (χ0) is 19.2. The number of rotatable bonds is 5. The summed E-state index contributed by atoms with van der Waals surface area (Å²) >= 11 is 0. The average molecular weight is 372 g/mol. The lowest BCUT2D eigenvalue weighted by Gasteiger charge is -2.28. The summed E-state index contributed by atoms with van der Waals surface area (Å²) in [5.74, 6) is -1.11. The fourth-order valence-corrected chi connectivity index (χ4v) is 2.70. The van der Waals surface area contributed by atoms with Gasteiger partial charge in [0.1, 0.15) is 11.5 Å². The molecule has 0 aromatic heterocycles. The number of nitro benzene ring substituents is 1. The monoisotopic (exact) mass is 372 g/mol. The highest BCUT2D eigenvalue weighted by Crippen LogP contribution is 2.29. The van der Waals surface area contributed by atoms with E-state index in [0.717, 1.165) is 6.07 Å². The summed E-state index contributed by atoms with van der Waals surface area (Å²) in [6, 6.07) is 9.91. The van der Waals surface area contributed by atoms with Crippen molar-refractivity contribution in [1.82, 2.24) is 5.43 Å². The van der Waals surface area contributed by atoms with Gasteiger partial charge in [0.15, 0.2) is 0 Å². The molecule has 2 aromatic carbocycles. The number of ether oxygens (including phenoxy) is 1. The molecule has 1 amide bonds. The summed E-state index contributed by atoms with van der Waals surface area (Å²) in [4.78, 5) is 24.8. The Morgan fingerprint density at radius 2 is 2.04 bits per heavy atom. The third kappa shape index (κ3) is 4.64. The van der Waals surface area contributed by atoms with E-state index in [-0.39, 0.29) is 11.3 Å². The largest absolute Gasteiger partial charge is 0.378 e. The zero-order valence-corrected chi connectivity index (χ0v) is 14.3. The fraction of sp³-hybridized carbons (Fsp3) is 0.222. The minimum Gasteiger partial charge on any atom is -0.378 e. The van der Waals surface area contributed by atoms with Gasteiger partial charge in [-0.25, -0.2) is 9.82 Å². The Balaban J connectivity index is 1.73. The van der Waals surface area contributed by atoms with Crippen LogP contribution in [0.15, 0.2) is 47.6 Å². The Morgan fingerprint density at radius 3 is 2.74 bits per heavy atom. The Labute approximate surface area is 154 Å². The second kappa shape index (κ2) is 8.37. The summed E-state index contributed by atoms with van der Waals surface area (Å²) in [6.45, 7) is 2.20. The second-order valence-corrected chi connectivity index (χ2v) is 5.81. The summed E-state index contributed by atoms with van der Waals surface area (Å²) in [5.41, 5.74) is 3.32. The molecule has 0 bridgehead atoms. The highest BCUT2D eigenvalue weighted by atomic mass is 19.1. The van der Waals surface area contributed by atoms with E-state index in [1.807, 2.05) is 4.90 Å². The summed E-state index contributed by atoms with van der Waals surface area (Å²) in [5, 5.41) is 15.2. The number of carbonyl (C=O) groups is 1. The Morgan fingerprint density at radius 1 is 1.26 bits per heavy atom. The van der Waals surface area contributed by atoms with Gasteiger partial charge in [-0.3, -0.25) is 14.9 Å². The maximum absolute atomic E-state index is 13.1. The molecule has 1 heterocycles. The van der Waals surface area contributed by atoms with Crippen LogP contribution >= 0.6 is 0 Å². The van der Waals surface area contributed by atoms with Crippen molar-refractivity contribution in [3.63, 3.8) is 0 Å². The molecule has 1 aliphatic heterocycles. The minimum atomic E-state index is -0.579. The first-order chi connectivity index (χ1) is 13.0. The first kappa shape index (κ1) is 18.5. The molecule has 0 saturated carbocycles. The number of nitro groups is 1. The van der Waals surface area contributed by atoms with Crippen LogP contribution in [0.4, 0.5) is 15.8 Å². The maximum atomic E-state index is 13.1. The van der Waals surface area contributed by atoms with Crippen LogP contribution in [0.25, 0.3) is 0 Å². The number of hydrazone groups is 1. The van der Waals surface area contributed by atoms with E-state index in [1.165, 1.54) is 30.5 Å². The van der Waals surface area contributed by atoms with Crippen molar-refractivity contribution in [3.8, 4) is 0 Å². The van der Waals surface area contributed by atoms with Gasteiger partial charge >= 0.3 is 0 Å². The van der Waals surface area contributed by atoms with E-state index in [1.54, 1.807) is 12.1 Å². The molecule has 0 atom stereocenters. The first-order valence-electron chi connectivity index (χ1n) is 8.25. The van der Waals surface area contributed by atoms with E-state index in [2.05, 4.69) is 10.5 Å². The predicted molar refractivity (Wildman–Crippen MR) is 97.6 cm³/mol. The third-order valence-electron chi connectivity index (χ3n) is 4.01. The summed E-state index contributed by atoms with van der Waals surface area (Å²) < 4.78 is 18.4. The van der Waals surface area contributed by atoms with Crippen molar-refractivity contribution in [1.29, 1.82) is 0 Å². The van der Waals surface area contributed by atoms with Crippen LogP contribution < -0.4 is 10.3 Å². The van der Waals surface area contributed by atoms with Crippen LogP contribution in [-0.4, -0.2) is 43.3 Å². The molecule has 0 spiro atoms. The van der Waals surface area contributed by atoms with Gasteiger partial charge in [0.25, 0.3) is 11.6 Å². The number of halogens is 1. The highest BCUT2D eigenvalue weighted by Gasteiger charge is 2.21. The van der Waals surface area contributed by atoms with Gasteiger partial charge in [-0.05, 0) is 24.3 Å². The van der Waals surface area contributed by atoms with E-state index in [0.29, 0.717) is 37.6 Å². The lowest BCUT2D eigenvalue weighted by atomic mass is 10.1. The quantitative estimate of drug-likeness (QED) is 0.494. The summed E-state index contributed by atoms with van der Waals surface area (Å²) in [6.07, 6.45) is 1.30. The van der Waals surface area contributed by atoms with Crippen molar-refractivity contribution in [2.75, 3.05) is 31.2 Å². The van der Waals surface area contributed by atoms with Crippen molar-refractivity contribution in [2.45, 2.75) is 0 Å². The molecule has 27 heavy (non-hydrogen) atoms. The molecule has 0 radical (unpaired) electrons. The smallest absolute Gasteiger partial charge is 0.293 e. The van der Waals surface area contributed by atoms with Crippen LogP contribution in [0, 0.1) is 15.9 Å². The molecule has 0 unspecified atom stereocenters. The molecular formula is C18H17FN4O4. The molecule has 2 aromatic rings. The number of hydrogen-bond donors (Lipinski definition) is 1. The predicted octanol–water partition coefficient (Wildman–Crippen LogP) is 2.33. The SMILES string of the molecule is O=C(N/N=C\c1ccc(N2CCOCC2)c([N+](=O)[O-])c1)c1cccc(F)c1. The molecule has 8 nitrogen and oxygen atoms in total. The molecule has 9 heteroatoms. The van der Waals surface area contributed by atoms with E-state index >= 15 is 0 Å². The number of amides is 1. The van der Waals surface area contributed by atoms with Gasteiger partial charge < -0.3 is 9.64 Å². The number of morpholine rings is 1. The lowest BCUT2D eigenvalue weighted by Crippen LogP contribution is -2.36. The van der Waals surface area contributed by atoms with Crippen LogP contribution in [0.2, 0.25) is 0 Å². The molecule has 1 saturated heterocycles. The van der Waals surface area contributed by atoms with E-state index in [9.17, 15) is 19.3 Å². The molecular weight excluding hydrogens is 355 g/mol. The highest BCUT2D eigenvalue weighted by molar-refractivity contribution is 5.95. The maximum Gasteiger partial charge on any atom is 0.293 e. The molecule has 1 fully saturated rings. The van der Waals surface area contributed by atoms with E-state index in [4.69, 9.17) is 4.74 Å². The number of hydrogen-bond acceptors (Lipinski definition) is 6. The Bertz CT molecular complexity index is 881. The average Bonchev–Trinajstić information content (AvgIpc) is 2.68. The van der Waals surface area contributed by atoms with Gasteiger partial charge in [0, 0.05) is 30.3 Å². The lowest BCUT2D eigenvalue weighted by molar-refractivity contribution is -0.384. The van der Waals surface area contributed by atoms with Gasteiger partial charge in [-0.2, -0.15) is 5.10 Å². The molecule has 0 aliphatic carbocycles. The van der Waals surface area contributed by atoms with Gasteiger partial charge in [0.2, 0.25) is 0 Å². The van der Waals surface area contributed by atoms with Crippen molar-refractivity contribution in [2.24, 2.45) is 5.10 Å². The normalized spacial score (nSPS) is 14.3. The molecule has 1 aliphatic rings. The Kier molecular flexibility index (Phi) is 5.72. The fourth-order valence-electron chi connectivity index (χ4n) is 2.70. The zero-order valence-electron chi connectivity index (χ0n) is 14.3. The number of nitrogens with one attached hydrogen (secondary N) is 1. The van der Waals surface area contributed by atoms with E-state index < -0.39 is 16.6 Å². The number of anilines is 1. The van der Waals surface area contributed by atoms with Gasteiger partial charge in [-0.15, -0.1) is 0 Å². The number of nitrogens with zero attached hydrogens (tertiary/aromatic N) is 3. The van der Waals surface area contributed by atoms with Crippen molar-refractivity contribution >= 4 is 23.5 Å². The second-order valence-electron chi connectivity index (χ2n) is 5.81. The van der Waals surface area contributed by atoms with Gasteiger partial charge in [0.05, 0.1) is 24.4 Å². The van der Waals surface area contributed by atoms with Crippen LogP contribution in [0.1, 0.15) is 15.9 Å². The summed E-state index contributed by atoms with van der Waals surface area (Å²) in [7, 11) is 0. The van der Waals surface area contributed by atoms with Crippen LogP contribution in [0.3, 0.4) is 0 Å². The standard InChI is InChI=1S/C18H17FN4O4/c19-15-3-1-2-14(11-15)18(24)21-20-12-13-4-5-16(17(10-13)23(25)26)22-6-8-27-9-7-22/h1-5,10-12H,6-9H2,(H,21,24)/b20-12-. The van der Waals surface area contributed by atoms with Gasteiger partial charge in [-0.1, -0.05) is 12.1 Å². The number of benzene rings is 2. The number of carbonyl (C=O) groups excluding carboxylic acids is 1.